The van der Waals surface area contributed by atoms with Crippen molar-refractivity contribution in [1.29, 1.82) is 0 Å². The number of benzene rings is 2. The van der Waals surface area contributed by atoms with Gasteiger partial charge in [0.2, 0.25) is 0 Å². The average molecular weight is 335 g/mol. The third-order valence-electron chi connectivity index (χ3n) is 3.64. The number of cyclic esters (lactones) is 1. The number of amides is 1. The zero-order chi connectivity index (χ0) is 17.2. The molecule has 0 saturated carbocycles. The molecular weight excluding hydrogens is 320 g/mol. The highest BCUT2D eigenvalue weighted by Gasteiger charge is 2.47. The number of rotatable bonds is 4. The molecule has 7 heteroatoms. The van der Waals surface area contributed by atoms with Gasteiger partial charge in [-0.1, -0.05) is 30.3 Å². The van der Waals surface area contributed by atoms with E-state index in [-0.39, 0.29) is 17.9 Å². The van der Waals surface area contributed by atoms with Gasteiger partial charge in [-0.05, 0) is 17.7 Å². The Morgan fingerprint density at radius 1 is 1.25 bits per heavy atom. The molecule has 1 amide bonds. The van der Waals surface area contributed by atoms with Crippen molar-refractivity contribution in [2.75, 3.05) is 6.61 Å². The first-order valence-corrected chi connectivity index (χ1v) is 7.26. The molecule has 1 fully saturated rings. The first-order valence-electron chi connectivity index (χ1n) is 7.26. The SMILES string of the molecule is O=C1N[C@H](c2ccc(OCc3ccccc3)cc2O)C(F)(F)CO1. The zero-order valence-electron chi connectivity index (χ0n) is 12.5. The first kappa shape index (κ1) is 16.0. The summed E-state index contributed by atoms with van der Waals surface area (Å²) in [5, 5.41) is 12.1. The van der Waals surface area contributed by atoms with Gasteiger partial charge in [0, 0.05) is 11.6 Å². The van der Waals surface area contributed by atoms with E-state index in [1.165, 1.54) is 18.2 Å². The molecule has 2 aromatic rings. The van der Waals surface area contributed by atoms with Gasteiger partial charge in [0.1, 0.15) is 24.1 Å². The Hall–Kier alpha value is -2.83. The van der Waals surface area contributed by atoms with E-state index in [1.807, 2.05) is 35.6 Å². The highest BCUT2D eigenvalue weighted by molar-refractivity contribution is 5.69. The van der Waals surface area contributed by atoms with E-state index in [0.717, 1.165) is 5.56 Å². The lowest BCUT2D eigenvalue weighted by atomic mass is 9.99. The summed E-state index contributed by atoms with van der Waals surface area (Å²) >= 11 is 0. The summed E-state index contributed by atoms with van der Waals surface area (Å²) in [6.07, 6.45) is -0.949. The maximum absolute atomic E-state index is 13.9. The monoisotopic (exact) mass is 335 g/mol. The smallest absolute Gasteiger partial charge is 0.408 e. The van der Waals surface area contributed by atoms with Crippen LogP contribution in [0.15, 0.2) is 48.5 Å². The standard InChI is InChI=1S/C17H15F2NO4/c18-17(19)10-24-16(22)20-15(17)13-7-6-12(8-14(13)21)23-9-11-4-2-1-3-5-11/h1-8,15,21H,9-10H2,(H,20,22)/t15-/m1/s1. The van der Waals surface area contributed by atoms with Crippen LogP contribution in [-0.4, -0.2) is 23.7 Å². The molecule has 3 rings (SSSR count). The highest BCUT2D eigenvalue weighted by Crippen LogP contribution is 2.39. The topological polar surface area (TPSA) is 67.8 Å². The van der Waals surface area contributed by atoms with E-state index < -0.39 is 24.7 Å². The van der Waals surface area contributed by atoms with Crippen molar-refractivity contribution in [2.24, 2.45) is 0 Å². The summed E-state index contributed by atoms with van der Waals surface area (Å²) in [4.78, 5) is 11.2. The van der Waals surface area contributed by atoms with E-state index in [0.29, 0.717) is 5.75 Å². The lowest BCUT2D eigenvalue weighted by Gasteiger charge is -2.32. The number of halogens is 2. The van der Waals surface area contributed by atoms with Gasteiger partial charge in [-0.3, -0.25) is 0 Å². The lowest BCUT2D eigenvalue weighted by Crippen LogP contribution is -2.49. The molecule has 0 aliphatic carbocycles. The van der Waals surface area contributed by atoms with Crippen LogP contribution in [0, 0.1) is 0 Å². The zero-order valence-corrected chi connectivity index (χ0v) is 12.5. The normalized spacial score (nSPS) is 19.2. The first-order chi connectivity index (χ1) is 11.5. The molecule has 1 atom stereocenters. The summed E-state index contributed by atoms with van der Waals surface area (Å²) in [6.45, 7) is -0.751. The molecule has 1 saturated heterocycles. The number of alkyl carbamates (subject to hydrolysis) is 1. The summed E-state index contributed by atoms with van der Waals surface area (Å²) in [5.74, 6) is -3.37. The number of carbonyl (C=O) groups is 1. The minimum Gasteiger partial charge on any atom is -0.507 e. The Kier molecular flexibility index (Phi) is 4.24. The molecule has 0 spiro atoms. The number of phenols is 1. The molecule has 0 aromatic heterocycles. The van der Waals surface area contributed by atoms with Crippen molar-refractivity contribution in [1.82, 2.24) is 5.32 Å². The van der Waals surface area contributed by atoms with Crippen molar-refractivity contribution < 1.29 is 28.2 Å². The van der Waals surface area contributed by atoms with E-state index in [9.17, 15) is 18.7 Å². The molecule has 126 valence electrons. The van der Waals surface area contributed by atoms with E-state index >= 15 is 0 Å². The Balaban J connectivity index is 1.76. The van der Waals surface area contributed by atoms with Gasteiger partial charge in [0.25, 0.3) is 0 Å². The predicted octanol–water partition coefficient (Wildman–Crippen LogP) is 3.39. The Bertz CT molecular complexity index is 737. The minimum atomic E-state index is -3.32. The van der Waals surface area contributed by atoms with Crippen molar-refractivity contribution in [3.05, 3.63) is 59.7 Å². The summed E-state index contributed by atoms with van der Waals surface area (Å²) in [6, 6.07) is 11.8. The van der Waals surface area contributed by atoms with E-state index in [4.69, 9.17) is 4.74 Å². The van der Waals surface area contributed by atoms with Gasteiger partial charge >= 0.3 is 12.0 Å². The fraction of sp³-hybridized carbons (Fsp3) is 0.235. The van der Waals surface area contributed by atoms with Crippen molar-refractivity contribution in [3.8, 4) is 11.5 Å². The molecular formula is C17H15F2NO4. The molecule has 2 aromatic carbocycles. The molecule has 2 N–H and O–H groups in total. The Labute approximate surface area is 136 Å². The third-order valence-corrected chi connectivity index (χ3v) is 3.64. The second-order valence-electron chi connectivity index (χ2n) is 5.41. The second kappa shape index (κ2) is 6.35. The van der Waals surface area contributed by atoms with Crippen molar-refractivity contribution >= 4 is 6.09 Å². The van der Waals surface area contributed by atoms with E-state index in [2.05, 4.69) is 4.74 Å². The Morgan fingerprint density at radius 2 is 2.00 bits per heavy atom. The van der Waals surface area contributed by atoms with Crippen LogP contribution in [0.25, 0.3) is 0 Å². The number of phenolic OH excluding ortho intramolecular Hbond substituents is 1. The molecule has 1 aliphatic rings. The van der Waals surface area contributed by atoms with Gasteiger partial charge in [0.15, 0.2) is 6.61 Å². The van der Waals surface area contributed by atoms with Crippen LogP contribution in [-0.2, 0) is 11.3 Å². The molecule has 0 unspecified atom stereocenters. The number of carbonyl (C=O) groups excluding carboxylic acids is 1. The number of hydrogen-bond donors (Lipinski definition) is 2. The van der Waals surface area contributed by atoms with E-state index in [1.54, 1.807) is 0 Å². The number of ether oxygens (including phenoxy) is 2. The molecule has 5 nitrogen and oxygen atoms in total. The fourth-order valence-electron chi connectivity index (χ4n) is 2.41. The molecule has 0 radical (unpaired) electrons. The molecule has 24 heavy (non-hydrogen) atoms. The van der Waals surface area contributed by atoms with Gasteiger partial charge in [-0.2, -0.15) is 0 Å². The summed E-state index contributed by atoms with van der Waals surface area (Å²) < 4.78 is 37.6. The maximum Gasteiger partial charge on any atom is 0.408 e. The largest absolute Gasteiger partial charge is 0.507 e. The fourth-order valence-corrected chi connectivity index (χ4v) is 2.41. The van der Waals surface area contributed by atoms with Crippen LogP contribution in [0.1, 0.15) is 17.2 Å². The molecule has 1 aliphatic heterocycles. The summed E-state index contributed by atoms with van der Waals surface area (Å²) in [5.41, 5.74) is 0.841. The van der Waals surface area contributed by atoms with Crippen LogP contribution in [0.4, 0.5) is 13.6 Å². The van der Waals surface area contributed by atoms with Crippen molar-refractivity contribution in [2.45, 2.75) is 18.6 Å². The molecule has 1 heterocycles. The number of hydrogen-bond acceptors (Lipinski definition) is 4. The van der Waals surface area contributed by atoms with Crippen LogP contribution >= 0.6 is 0 Å². The Morgan fingerprint density at radius 3 is 2.71 bits per heavy atom. The van der Waals surface area contributed by atoms with Crippen LogP contribution in [0.5, 0.6) is 11.5 Å². The van der Waals surface area contributed by atoms with Crippen molar-refractivity contribution in [3.63, 3.8) is 0 Å². The molecule has 0 bridgehead atoms. The van der Waals surface area contributed by atoms with Gasteiger partial charge in [-0.15, -0.1) is 0 Å². The van der Waals surface area contributed by atoms with Gasteiger partial charge < -0.3 is 19.9 Å². The third kappa shape index (κ3) is 3.40. The lowest BCUT2D eigenvalue weighted by molar-refractivity contribution is -0.104. The summed E-state index contributed by atoms with van der Waals surface area (Å²) in [7, 11) is 0. The number of nitrogens with one attached hydrogen (secondary N) is 1. The maximum atomic E-state index is 13.9. The van der Waals surface area contributed by atoms with Gasteiger partial charge in [0.05, 0.1) is 0 Å². The van der Waals surface area contributed by atoms with Crippen LogP contribution < -0.4 is 10.1 Å². The number of aromatic hydroxyl groups is 1. The average Bonchev–Trinajstić information content (AvgIpc) is 2.57. The predicted molar refractivity (Wildman–Crippen MR) is 81.1 cm³/mol. The highest BCUT2D eigenvalue weighted by atomic mass is 19.3. The second-order valence-corrected chi connectivity index (χ2v) is 5.41. The number of alkyl halides is 2. The van der Waals surface area contributed by atoms with Gasteiger partial charge in [-0.25, -0.2) is 13.6 Å². The van der Waals surface area contributed by atoms with Crippen LogP contribution in [0.3, 0.4) is 0 Å². The van der Waals surface area contributed by atoms with Crippen LogP contribution in [0.2, 0.25) is 0 Å². The minimum absolute atomic E-state index is 0.0938. The quantitative estimate of drug-likeness (QED) is 0.899.